The highest BCUT2D eigenvalue weighted by atomic mass is 16.1. The molecule has 0 aliphatic heterocycles. The van der Waals surface area contributed by atoms with E-state index < -0.39 is 0 Å². The first kappa shape index (κ1) is 10.3. The molecule has 0 bridgehead atoms. The number of nitrogen functional groups attached to an aromatic ring is 1. The third-order valence-electron chi connectivity index (χ3n) is 1.88. The Bertz CT molecular complexity index is 317. The van der Waals surface area contributed by atoms with Gasteiger partial charge in [-0.05, 0) is 30.2 Å². The van der Waals surface area contributed by atoms with Gasteiger partial charge < -0.3 is 11.1 Å². The van der Waals surface area contributed by atoms with Crippen molar-refractivity contribution in [1.29, 1.82) is 0 Å². The van der Waals surface area contributed by atoms with E-state index >= 15 is 0 Å². The topological polar surface area (TPSA) is 55.1 Å². The summed E-state index contributed by atoms with van der Waals surface area (Å²) in [7, 11) is 0. The fourth-order valence-electron chi connectivity index (χ4n) is 1.09. The lowest BCUT2D eigenvalue weighted by atomic mass is 10.1. The van der Waals surface area contributed by atoms with E-state index in [9.17, 15) is 4.79 Å². The van der Waals surface area contributed by atoms with Gasteiger partial charge in [-0.15, -0.1) is 0 Å². The van der Waals surface area contributed by atoms with Crippen molar-refractivity contribution < 1.29 is 4.79 Å². The van der Waals surface area contributed by atoms with E-state index in [-0.39, 0.29) is 5.91 Å². The number of hydrogen-bond donors (Lipinski definition) is 2. The van der Waals surface area contributed by atoms with Crippen LogP contribution < -0.4 is 11.1 Å². The van der Waals surface area contributed by atoms with Gasteiger partial charge in [0.2, 0.25) is 5.91 Å². The van der Waals surface area contributed by atoms with Crippen LogP contribution in [0.15, 0.2) is 36.9 Å². The summed E-state index contributed by atoms with van der Waals surface area (Å²) in [5.74, 6) is -0.138. The predicted octanol–water partition coefficient (Wildman–Crippen LogP) is 1.11. The quantitative estimate of drug-likeness (QED) is 0.552. The van der Waals surface area contributed by atoms with Gasteiger partial charge in [0.25, 0.3) is 0 Å². The number of anilines is 1. The molecule has 0 saturated heterocycles. The molecular formula is C11H14N2O. The Kier molecular flexibility index (Phi) is 3.73. The molecule has 0 spiro atoms. The molecule has 1 aromatic rings. The molecule has 3 heteroatoms. The van der Waals surface area contributed by atoms with Crippen LogP contribution in [0.5, 0.6) is 0 Å². The molecular weight excluding hydrogens is 176 g/mol. The molecule has 3 N–H and O–H groups in total. The van der Waals surface area contributed by atoms with Crippen molar-refractivity contribution in [2.45, 2.75) is 6.42 Å². The van der Waals surface area contributed by atoms with E-state index in [0.717, 1.165) is 17.7 Å². The molecule has 14 heavy (non-hydrogen) atoms. The molecule has 0 fully saturated rings. The molecule has 1 amide bonds. The van der Waals surface area contributed by atoms with Gasteiger partial charge in [0, 0.05) is 12.2 Å². The van der Waals surface area contributed by atoms with E-state index in [2.05, 4.69) is 11.9 Å². The van der Waals surface area contributed by atoms with Crippen molar-refractivity contribution in [1.82, 2.24) is 5.32 Å². The van der Waals surface area contributed by atoms with Crippen LogP contribution >= 0.6 is 0 Å². The lowest BCUT2D eigenvalue weighted by Crippen LogP contribution is -2.23. The Balaban J connectivity index is 2.35. The van der Waals surface area contributed by atoms with Crippen molar-refractivity contribution >= 4 is 11.6 Å². The van der Waals surface area contributed by atoms with Gasteiger partial charge in [-0.2, -0.15) is 0 Å². The molecule has 1 rings (SSSR count). The van der Waals surface area contributed by atoms with E-state index in [4.69, 9.17) is 5.73 Å². The van der Waals surface area contributed by atoms with Crippen LogP contribution in [0.2, 0.25) is 0 Å². The van der Waals surface area contributed by atoms with Gasteiger partial charge in [-0.25, -0.2) is 0 Å². The van der Waals surface area contributed by atoms with Crippen LogP contribution in [0.25, 0.3) is 0 Å². The monoisotopic (exact) mass is 190 g/mol. The first-order valence-corrected chi connectivity index (χ1v) is 4.47. The maximum absolute atomic E-state index is 10.8. The minimum atomic E-state index is -0.138. The summed E-state index contributed by atoms with van der Waals surface area (Å²) in [4.78, 5) is 10.8. The van der Waals surface area contributed by atoms with Crippen molar-refractivity contribution in [3.05, 3.63) is 42.5 Å². The zero-order valence-corrected chi connectivity index (χ0v) is 7.99. The molecule has 0 saturated carbocycles. The third kappa shape index (κ3) is 3.31. The molecule has 3 nitrogen and oxygen atoms in total. The fourth-order valence-corrected chi connectivity index (χ4v) is 1.09. The highest BCUT2D eigenvalue weighted by Crippen LogP contribution is 2.05. The standard InChI is InChI=1S/C11H14N2O/c1-2-11(14)13-8-7-9-3-5-10(12)6-4-9/h2-6H,1,7-8,12H2,(H,13,14). The van der Waals surface area contributed by atoms with Gasteiger partial charge in [0.05, 0.1) is 0 Å². The van der Waals surface area contributed by atoms with Gasteiger partial charge in [0.1, 0.15) is 0 Å². The number of nitrogens with one attached hydrogen (secondary N) is 1. The van der Waals surface area contributed by atoms with E-state index in [1.54, 1.807) is 0 Å². The number of benzene rings is 1. The first-order valence-electron chi connectivity index (χ1n) is 4.47. The number of rotatable bonds is 4. The molecule has 0 aromatic heterocycles. The van der Waals surface area contributed by atoms with E-state index in [1.807, 2.05) is 24.3 Å². The minimum Gasteiger partial charge on any atom is -0.399 e. The zero-order chi connectivity index (χ0) is 10.4. The number of hydrogen-bond acceptors (Lipinski definition) is 2. The SMILES string of the molecule is C=CC(=O)NCCc1ccc(N)cc1. The molecule has 0 aliphatic carbocycles. The van der Waals surface area contributed by atoms with Crippen LogP contribution in [-0.2, 0) is 11.2 Å². The van der Waals surface area contributed by atoms with Crippen LogP contribution in [0.4, 0.5) is 5.69 Å². The highest BCUT2D eigenvalue weighted by Gasteiger charge is 1.95. The Hall–Kier alpha value is -1.77. The summed E-state index contributed by atoms with van der Waals surface area (Å²) >= 11 is 0. The average Bonchev–Trinajstić information content (AvgIpc) is 2.21. The largest absolute Gasteiger partial charge is 0.399 e. The van der Waals surface area contributed by atoms with E-state index in [1.165, 1.54) is 6.08 Å². The Morgan fingerprint density at radius 1 is 1.43 bits per heavy atom. The molecule has 0 radical (unpaired) electrons. The molecule has 0 heterocycles. The lowest BCUT2D eigenvalue weighted by Gasteiger charge is -2.02. The van der Waals surface area contributed by atoms with Gasteiger partial charge >= 0.3 is 0 Å². The molecule has 0 atom stereocenters. The lowest BCUT2D eigenvalue weighted by molar-refractivity contribution is -0.116. The summed E-state index contributed by atoms with van der Waals surface area (Å²) in [6.45, 7) is 3.99. The second kappa shape index (κ2) is 5.07. The van der Waals surface area contributed by atoms with E-state index in [0.29, 0.717) is 6.54 Å². The summed E-state index contributed by atoms with van der Waals surface area (Å²) < 4.78 is 0. The minimum absolute atomic E-state index is 0.138. The van der Waals surface area contributed by atoms with Crippen LogP contribution in [0.1, 0.15) is 5.56 Å². The van der Waals surface area contributed by atoms with Crippen molar-refractivity contribution in [3.63, 3.8) is 0 Å². The van der Waals surface area contributed by atoms with Crippen molar-refractivity contribution in [2.75, 3.05) is 12.3 Å². The average molecular weight is 190 g/mol. The maximum Gasteiger partial charge on any atom is 0.243 e. The van der Waals surface area contributed by atoms with Crippen molar-refractivity contribution in [2.24, 2.45) is 0 Å². The second-order valence-electron chi connectivity index (χ2n) is 2.99. The number of carbonyl (C=O) groups is 1. The number of nitrogens with two attached hydrogens (primary N) is 1. The summed E-state index contributed by atoms with van der Waals surface area (Å²) in [5.41, 5.74) is 7.45. The van der Waals surface area contributed by atoms with Gasteiger partial charge in [-0.3, -0.25) is 4.79 Å². The zero-order valence-electron chi connectivity index (χ0n) is 7.99. The smallest absolute Gasteiger partial charge is 0.243 e. The van der Waals surface area contributed by atoms with Crippen LogP contribution in [0, 0.1) is 0 Å². The van der Waals surface area contributed by atoms with Gasteiger partial charge in [-0.1, -0.05) is 18.7 Å². The van der Waals surface area contributed by atoms with Crippen molar-refractivity contribution in [3.8, 4) is 0 Å². The predicted molar refractivity (Wildman–Crippen MR) is 57.8 cm³/mol. The molecule has 74 valence electrons. The van der Waals surface area contributed by atoms with Crippen LogP contribution in [0.3, 0.4) is 0 Å². The van der Waals surface area contributed by atoms with Gasteiger partial charge in [0.15, 0.2) is 0 Å². The molecule has 0 aliphatic rings. The Morgan fingerprint density at radius 2 is 2.07 bits per heavy atom. The third-order valence-corrected chi connectivity index (χ3v) is 1.88. The molecule has 0 unspecified atom stereocenters. The molecule has 1 aromatic carbocycles. The normalized spacial score (nSPS) is 9.43. The number of carbonyl (C=O) groups excluding carboxylic acids is 1. The Morgan fingerprint density at radius 3 is 2.64 bits per heavy atom. The summed E-state index contributed by atoms with van der Waals surface area (Å²) in [6, 6.07) is 7.61. The maximum atomic E-state index is 10.8. The summed E-state index contributed by atoms with van der Waals surface area (Å²) in [6.07, 6.45) is 2.07. The first-order chi connectivity index (χ1) is 6.72. The summed E-state index contributed by atoms with van der Waals surface area (Å²) in [5, 5.41) is 2.71. The van der Waals surface area contributed by atoms with Crippen LogP contribution in [-0.4, -0.2) is 12.5 Å². The fraction of sp³-hybridized carbons (Fsp3) is 0.182. The Labute approximate surface area is 83.6 Å². The highest BCUT2D eigenvalue weighted by molar-refractivity contribution is 5.86. The second-order valence-corrected chi connectivity index (χ2v) is 2.99. The number of amides is 1.